The molecule has 1 aliphatic carbocycles. The molecule has 0 aliphatic heterocycles. The highest BCUT2D eigenvalue weighted by molar-refractivity contribution is 14.0. The van der Waals surface area contributed by atoms with Crippen LogP contribution in [0.4, 0.5) is 17.6 Å². The topological polar surface area (TPSA) is 49.3 Å². The number of thiazole rings is 1. The molecule has 2 aromatic rings. The number of alkyl halides is 3. The molecule has 1 fully saturated rings. The van der Waals surface area contributed by atoms with Gasteiger partial charge in [-0.1, -0.05) is 17.7 Å². The molecule has 2 unspecified atom stereocenters. The number of halogens is 6. The molecule has 3 rings (SSSR count). The summed E-state index contributed by atoms with van der Waals surface area (Å²) >= 11 is 7.06. The zero-order valence-corrected chi connectivity index (χ0v) is 18.6. The second-order valence-electron chi connectivity index (χ2n) is 6.10. The van der Waals surface area contributed by atoms with E-state index in [0.29, 0.717) is 34.5 Å². The first-order valence-corrected chi connectivity index (χ1v) is 9.48. The fourth-order valence-corrected chi connectivity index (χ4v) is 3.86. The third kappa shape index (κ3) is 5.69. The number of nitrogens with one attached hydrogen (secondary N) is 2. The van der Waals surface area contributed by atoms with Gasteiger partial charge in [0, 0.05) is 47.9 Å². The number of nitrogens with zero attached hydrogens (tertiary/aromatic N) is 2. The van der Waals surface area contributed by atoms with E-state index in [0.717, 1.165) is 23.1 Å². The Labute approximate surface area is 185 Å². The van der Waals surface area contributed by atoms with Crippen molar-refractivity contribution in [1.29, 1.82) is 0 Å². The summed E-state index contributed by atoms with van der Waals surface area (Å²) in [4.78, 5) is 7.67. The summed E-state index contributed by atoms with van der Waals surface area (Å²) in [5, 5.41) is 8.02. The first-order chi connectivity index (χ1) is 12.8. The second-order valence-corrected chi connectivity index (χ2v) is 7.45. The van der Waals surface area contributed by atoms with Gasteiger partial charge < -0.3 is 10.6 Å². The van der Waals surface area contributed by atoms with Gasteiger partial charge in [0.15, 0.2) is 11.7 Å². The summed E-state index contributed by atoms with van der Waals surface area (Å²) in [5.74, 6) is 0.136. The molecular formula is C17H18ClF4IN4S. The second kappa shape index (κ2) is 9.57. The van der Waals surface area contributed by atoms with Crippen LogP contribution in [-0.2, 0) is 12.6 Å². The Bertz CT molecular complexity index is 823. The van der Waals surface area contributed by atoms with Crippen molar-refractivity contribution in [2.24, 2.45) is 4.99 Å². The van der Waals surface area contributed by atoms with Crippen LogP contribution in [0, 0.1) is 5.82 Å². The predicted molar refractivity (Wildman–Crippen MR) is 113 cm³/mol. The molecule has 2 N–H and O–H groups in total. The lowest BCUT2D eigenvalue weighted by atomic mass is 10.1. The van der Waals surface area contributed by atoms with E-state index in [4.69, 9.17) is 11.6 Å². The molecule has 0 bridgehead atoms. The summed E-state index contributed by atoms with van der Waals surface area (Å²) in [6, 6.07) is 4.61. The lowest BCUT2D eigenvalue weighted by Gasteiger charge is -2.12. The summed E-state index contributed by atoms with van der Waals surface area (Å²) < 4.78 is 51.6. The van der Waals surface area contributed by atoms with Gasteiger partial charge in [0.05, 0.1) is 5.01 Å². The molecule has 28 heavy (non-hydrogen) atoms. The van der Waals surface area contributed by atoms with E-state index in [1.165, 1.54) is 6.07 Å². The normalized spacial score (nSPS) is 19.1. The van der Waals surface area contributed by atoms with Gasteiger partial charge in [0.2, 0.25) is 0 Å². The van der Waals surface area contributed by atoms with Crippen molar-refractivity contribution in [3.8, 4) is 0 Å². The largest absolute Gasteiger partial charge is 0.434 e. The van der Waals surface area contributed by atoms with E-state index in [1.54, 1.807) is 19.2 Å². The highest BCUT2D eigenvalue weighted by Gasteiger charge is 2.42. The van der Waals surface area contributed by atoms with Crippen LogP contribution in [0.15, 0.2) is 28.6 Å². The molecule has 2 atom stereocenters. The number of benzene rings is 1. The van der Waals surface area contributed by atoms with Crippen LogP contribution in [-0.4, -0.2) is 30.6 Å². The van der Waals surface area contributed by atoms with Crippen molar-refractivity contribution >= 4 is 52.9 Å². The number of aromatic nitrogens is 1. The number of rotatable bonds is 5. The van der Waals surface area contributed by atoms with E-state index in [-0.39, 0.29) is 41.8 Å². The van der Waals surface area contributed by atoms with Gasteiger partial charge in [-0.15, -0.1) is 35.3 Å². The highest BCUT2D eigenvalue weighted by Crippen LogP contribution is 2.44. The SMILES string of the molecule is CN=C(NCCc1nc(C(F)(F)F)cs1)NC1CC1c1c(F)cccc1Cl.I. The lowest BCUT2D eigenvalue weighted by molar-refractivity contribution is -0.140. The Kier molecular flexibility index (Phi) is 7.91. The van der Waals surface area contributed by atoms with Crippen molar-refractivity contribution in [3.63, 3.8) is 0 Å². The van der Waals surface area contributed by atoms with Crippen LogP contribution in [0.5, 0.6) is 0 Å². The molecule has 4 nitrogen and oxygen atoms in total. The maximum Gasteiger partial charge on any atom is 0.434 e. The van der Waals surface area contributed by atoms with Gasteiger partial charge in [-0.05, 0) is 18.6 Å². The molecule has 0 amide bonds. The molecule has 11 heteroatoms. The summed E-state index contributed by atoms with van der Waals surface area (Å²) in [6.45, 7) is 0.377. The Morgan fingerprint density at radius 2 is 2.14 bits per heavy atom. The third-order valence-corrected chi connectivity index (χ3v) is 5.42. The van der Waals surface area contributed by atoms with Crippen molar-refractivity contribution in [1.82, 2.24) is 15.6 Å². The number of aliphatic imine (C=N–C) groups is 1. The van der Waals surface area contributed by atoms with Gasteiger partial charge in [-0.3, -0.25) is 4.99 Å². The van der Waals surface area contributed by atoms with E-state index in [1.807, 2.05) is 0 Å². The van der Waals surface area contributed by atoms with Crippen LogP contribution in [0.3, 0.4) is 0 Å². The van der Waals surface area contributed by atoms with Gasteiger partial charge in [0.1, 0.15) is 5.82 Å². The Balaban J connectivity index is 0.00000280. The average Bonchev–Trinajstić information content (AvgIpc) is 3.15. The minimum absolute atomic E-state index is 0. The van der Waals surface area contributed by atoms with Crippen LogP contribution >= 0.6 is 46.9 Å². The predicted octanol–water partition coefficient (Wildman–Crippen LogP) is 4.84. The maximum atomic E-state index is 14.0. The first kappa shape index (κ1) is 23.1. The molecule has 1 aliphatic rings. The molecule has 1 saturated carbocycles. The molecule has 154 valence electrons. The smallest absolute Gasteiger partial charge is 0.356 e. The zero-order valence-electron chi connectivity index (χ0n) is 14.7. The van der Waals surface area contributed by atoms with Gasteiger partial charge in [0.25, 0.3) is 0 Å². The van der Waals surface area contributed by atoms with Crippen molar-refractivity contribution in [3.05, 3.63) is 50.7 Å². The van der Waals surface area contributed by atoms with E-state index in [2.05, 4.69) is 20.6 Å². The van der Waals surface area contributed by atoms with E-state index >= 15 is 0 Å². The van der Waals surface area contributed by atoms with Crippen LogP contribution < -0.4 is 10.6 Å². The number of guanidine groups is 1. The monoisotopic (exact) mass is 548 g/mol. The van der Waals surface area contributed by atoms with E-state index < -0.39 is 11.9 Å². The standard InChI is InChI=1S/C17H17ClF4N4S.HI/c1-23-16(24-6-5-14-26-13(8-27-14)17(20,21)22)25-12-7-9(12)15-10(18)3-2-4-11(15)19;/h2-4,8-9,12H,5-7H2,1H3,(H2,23,24,25);1H. The summed E-state index contributed by atoms with van der Waals surface area (Å²) in [6.07, 6.45) is -3.35. The summed E-state index contributed by atoms with van der Waals surface area (Å²) in [5.41, 5.74) is -0.373. The molecule has 0 radical (unpaired) electrons. The fraction of sp³-hybridized carbons (Fsp3) is 0.412. The van der Waals surface area contributed by atoms with Gasteiger partial charge in [-0.25, -0.2) is 9.37 Å². The van der Waals surface area contributed by atoms with Crippen molar-refractivity contribution in [2.45, 2.75) is 31.0 Å². The lowest BCUT2D eigenvalue weighted by Crippen LogP contribution is -2.40. The quantitative estimate of drug-likeness (QED) is 0.243. The van der Waals surface area contributed by atoms with Gasteiger partial charge >= 0.3 is 6.18 Å². The Hall–Kier alpha value is -1.14. The molecule has 0 saturated heterocycles. The maximum absolute atomic E-state index is 14.0. The number of hydrogen-bond acceptors (Lipinski definition) is 3. The molecule has 1 aromatic carbocycles. The van der Waals surface area contributed by atoms with Crippen LogP contribution in [0.25, 0.3) is 0 Å². The molecule has 1 aromatic heterocycles. The van der Waals surface area contributed by atoms with Crippen LogP contribution in [0.2, 0.25) is 5.02 Å². The van der Waals surface area contributed by atoms with Crippen molar-refractivity contribution in [2.75, 3.05) is 13.6 Å². The summed E-state index contributed by atoms with van der Waals surface area (Å²) in [7, 11) is 1.59. The first-order valence-electron chi connectivity index (χ1n) is 8.22. The van der Waals surface area contributed by atoms with Crippen LogP contribution in [0.1, 0.15) is 28.6 Å². The van der Waals surface area contributed by atoms with Crippen molar-refractivity contribution < 1.29 is 17.6 Å². The number of hydrogen-bond donors (Lipinski definition) is 2. The minimum atomic E-state index is -4.42. The minimum Gasteiger partial charge on any atom is -0.356 e. The highest BCUT2D eigenvalue weighted by atomic mass is 127. The zero-order chi connectivity index (χ0) is 19.6. The van der Waals surface area contributed by atoms with E-state index in [9.17, 15) is 17.6 Å². The fourth-order valence-electron chi connectivity index (χ4n) is 2.75. The van der Waals surface area contributed by atoms with Gasteiger partial charge in [-0.2, -0.15) is 13.2 Å². The molecule has 1 heterocycles. The Morgan fingerprint density at radius 1 is 1.39 bits per heavy atom. The molecule has 0 spiro atoms. The molecular weight excluding hydrogens is 531 g/mol. The Morgan fingerprint density at radius 3 is 2.75 bits per heavy atom. The third-order valence-electron chi connectivity index (χ3n) is 4.18. The average molecular weight is 549 g/mol.